The van der Waals surface area contributed by atoms with Crippen LogP contribution in [0.4, 0.5) is 5.69 Å². The summed E-state index contributed by atoms with van der Waals surface area (Å²) in [6.45, 7) is 2.28. The lowest BCUT2D eigenvalue weighted by molar-refractivity contribution is 0.349. The molecule has 2 unspecified atom stereocenters. The highest BCUT2D eigenvalue weighted by molar-refractivity contribution is 5.55. The summed E-state index contributed by atoms with van der Waals surface area (Å²) < 4.78 is 0. The minimum Gasteiger partial charge on any atom is -0.380 e. The zero-order valence-corrected chi connectivity index (χ0v) is 9.61. The van der Waals surface area contributed by atoms with E-state index in [1.54, 1.807) is 18.5 Å². The van der Waals surface area contributed by atoms with E-state index in [9.17, 15) is 0 Å². The summed E-state index contributed by atoms with van der Waals surface area (Å²) in [5, 5.41) is 12.5. The maximum absolute atomic E-state index is 9.00. The van der Waals surface area contributed by atoms with Crippen molar-refractivity contribution in [3.05, 3.63) is 24.0 Å². The molecule has 0 radical (unpaired) electrons. The SMILES string of the molecule is CC1CCCCC1Nc1cnccc1C#N. The van der Waals surface area contributed by atoms with Gasteiger partial charge in [0, 0.05) is 12.2 Å². The van der Waals surface area contributed by atoms with Crippen molar-refractivity contribution < 1.29 is 0 Å². The number of hydrogen-bond acceptors (Lipinski definition) is 3. The monoisotopic (exact) mass is 215 g/mol. The van der Waals surface area contributed by atoms with Gasteiger partial charge in [0.25, 0.3) is 0 Å². The number of aromatic nitrogens is 1. The average molecular weight is 215 g/mol. The highest BCUT2D eigenvalue weighted by atomic mass is 14.9. The average Bonchev–Trinajstić information content (AvgIpc) is 2.33. The van der Waals surface area contributed by atoms with Gasteiger partial charge < -0.3 is 5.32 Å². The molecule has 3 nitrogen and oxygen atoms in total. The van der Waals surface area contributed by atoms with Crippen LogP contribution in [0.25, 0.3) is 0 Å². The van der Waals surface area contributed by atoms with Crippen molar-refractivity contribution >= 4 is 5.69 Å². The maximum atomic E-state index is 9.00. The molecule has 0 saturated heterocycles. The molecule has 2 rings (SSSR count). The third-order valence-electron chi connectivity index (χ3n) is 3.39. The summed E-state index contributed by atoms with van der Waals surface area (Å²) in [6, 6.07) is 4.45. The normalized spacial score (nSPS) is 24.8. The van der Waals surface area contributed by atoms with Crippen LogP contribution in [-0.4, -0.2) is 11.0 Å². The van der Waals surface area contributed by atoms with E-state index < -0.39 is 0 Å². The fourth-order valence-electron chi connectivity index (χ4n) is 2.34. The summed E-state index contributed by atoms with van der Waals surface area (Å²) in [5.41, 5.74) is 1.57. The lowest BCUT2D eigenvalue weighted by Crippen LogP contribution is -2.30. The highest BCUT2D eigenvalue weighted by Gasteiger charge is 2.21. The van der Waals surface area contributed by atoms with Gasteiger partial charge in [0.1, 0.15) is 6.07 Å². The van der Waals surface area contributed by atoms with Crippen molar-refractivity contribution in [1.29, 1.82) is 5.26 Å². The van der Waals surface area contributed by atoms with E-state index in [-0.39, 0.29) is 0 Å². The standard InChI is InChI=1S/C13H17N3/c1-10-4-2-3-5-12(10)16-13-9-15-7-6-11(13)8-14/h6-7,9-10,12,16H,2-5H2,1H3. The first-order chi connectivity index (χ1) is 7.81. The molecule has 1 N–H and O–H groups in total. The third-order valence-corrected chi connectivity index (χ3v) is 3.39. The van der Waals surface area contributed by atoms with Gasteiger partial charge in [-0.25, -0.2) is 0 Å². The van der Waals surface area contributed by atoms with Gasteiger partial charge in [-0.3, -0.25) is 4.98 Å². The number of nitrogens with one attached hydrogen (secondary N) is 1. The Bertz CT molecular complexity index is 394. The van der Waals surface area contributed by atoms with Crippen molar-refractivity contribution in [2.24, 2.45) is 5.92 Å². The Morgan fingerprint density at radius 3 is 3.00 bits per heavy atom. The van der Waals surface area contributed by atoms with Crippen LogP contribution in [0, 0.1) is 17.2 Å². The topological polar surface area (TPSA) is 48.7 Å². The Balaban J connectivity index is 2.11. The minimum atomic E-state index is 0.491. The Morgan fingerprint density at radius 1 is 1.44 bits per heavy atom. The summed E-state index contributed by atoms with van der Waals surface area (Å²) in [4.78, 5) is 4.07. The molecule has 3 heteroatoms. The first-order valence-corrected chi connectivity index (χ1v) is 5.92. The van der Waals surface area contributed by atoms with E-state index in [4.69, 9.17) is 5.26 Å². The zero-order valence-electron chi connectivity index (χ0n) is 9.61. The predicted octanol–water partition coefficient (Wildman–Crippen LogP) is 2.94. The predicted molar refractivity (Wildman–Crippen MR) is 64.0 cm³/mol. The Hall–Kier alpha value is -1.56. The van der Waals surface area contributed by atoms with Gasteiger partial charge in [-0.05, 0) is 24.8 Å². The molecular formula is C13H17N3. The molecule has 1 aromatic heterocycles. The number of nitrogens with zero attached hydrogens (tertiary/aromatic N) is 2. The Labute approximate surface area is 96.5 Å². The smallest absolute Gasteiger partial charge is 0.101 e. The van der Waals surface area contributed by atoms with Crippen LogP contribution < -0.4 is 5.32 Å². The van der Waals surface area contributed by atoms with Gasteiger partial charge in [0.05, 0.1) is 17.4 Å². The van der Waals surface area contributed by atoms with Crippen molar-refractivity contribution in [1.82, 2.24) is 4.98 Å². The van der Waals surface area contributed by atoms with Crippen molar-refractivity contribution in [2.75, 3.05) is 5.32 Å². The van der Waals surface area contributed by atoms with E-state index in [1.165, 1.54) is 25.7 Å². The summed E-state index contributed by atoms with van der Waals surface area (Å²) in [7, 11) is 0. The second-order valence-electron chi connectivity index (χ2n) is 4.55. The second kappa shape index (κ2) is 4.98. The quantitative estimate of drug-likeness (QED) is 0.825. The van der Waals surface area contributed by atoms with E-state index in [0.29, 0.717) is 17.5 Å². The number of nitriles is 1. The van der Waals surface area contributed by atoms with E-state index in [2.05, 4.69) is 23.3 Å². The number of anilines is 1. The number of pyridine rings is 1. The lowest BCUT2D eigenvalue weighted by Gasteiger charge is -2.30. The largest absolute Gasteiger partial charge is 0.380 e. The fourth-order valence-corrected chi connectivity index (χ4v) is 2.34. The molecule has 0 bridgehead atoms. The summed E-state index contributed by atoms with van der Waals surface area (Å²) in [6.07, 6.45) is 8.50. The van der Waals surface area contributed by atoms with Crippen LogP contribution in [-0.2, 0) is 0 Å². The van der Waals surface area contributed by atoms with Crippen LogP contribution in [0.15, 0.2) is 18.5 Å². The molecule has 2 atom stereocenters. The molecule has 1 aliphatic rings. The molecule has 0 aliphatic heterocycles. The highest BCUT2D eigenvalue weighted by Crippen LogP contribution is 2.27. The summed E-state index contributed by atoms with van der Waals surface area (Å²) in [5.74, 6) is 0.681. The number of hydrogen-bond donors (Lipinski definition) is 1. The van der Waals surface area contributed by atoms with E-state index >= 15 is 0 Å². The molecule has 84 valence electrons. The molecule has 1 fully saturated rings. The van der Waals surface area contributed by atoms with Crippen LogP contribution in [0.5, 0.6) is 0 Å². The van der Waals surface area contributed by atoms with Gasteiger partial charge in [-0.2, -0.15) is 5.26 Å². The number of rotatable bonds is 2. The molecule has 1 heterocycles. The molecule has 0 spiro atoms. The molecule has 16 heavy (non-hydrogen) atoms. The van der Waals surface area contributed by atoms with Gasteiger partial charge in [0.2, 0.25) is 0 Å². The van der Waals surface area contributed by atoms with Gasteiger partial charge in [-0.1, -0.05) is 19.8 Å². The van der Waals surface area contributed by atoms with Crippen molar-refractivity contribution in [3.63, 3.8) is 0 Å². The van der Waals surface area contributed by atoms with Gasteiger partial charge in [-0.15, -0.1) is 0 Å². The van der Waals surface area contributed by atoms with Crippen LogP contribution in [0.2, 0.25) is 0 Å². The van der Waals surface area contributed by atoms with E-state index in [1.807, 2.05) is 0 Å². The molecule has 1 aliphatic carbocycles. The third kappa shape index (κ3) is 2.33. The zero-order chi connectivity index (χ0) is 11.4. The van der Waals surface area contributed by atoms with Crippen molar-refractivity contribution in [2.45, 2.75) is 38.6 Å². The second-order valence-corrected chi connectivity index (χ2v) is 4.55. The molecule has 1 saturated carbocycles. The first-order valence-electron chi connectivity index (χ1n) is 5.92. The van der Waals surface area contributed by atoms with Gasteiger partial charge >= 0.3 is 0 Å². The molecule has 1 aromatic rings. The fraction of sp³-hybridized carbons (Fsp3) is 0.538. The van der Waals surface area contributed by atoms with Crippen molar-refractivity contribution in [3.8, 4) is 6.07 Å². The van der Waals surface area contributed by atoms with Gasteiger partial charge in [0.15, 0.2) is 0 Å². The maximum Gasteiger partial charge on any atom is 0.101 e. The summed E-state index contributed by atoms with van der Waals surface area (Å²) >= 11 is 0. The Morgan fingerprint density at radius 2 is 2.25 bits per heavy atom. The van der Waals surface area contributed by atoms with Crippen LogP contribution in [0.1, 0.15) is 38.2 Å². The van der Waals surface area contributed by atoms with Crippen LogP contribution in [0.3, 0.4) is 0 Å². The molecular weight excluding hydrogens is 198 g/mol. The Kier molecular flexibility index (Phi) is 3.40. The van der Waals surface area contributed by atoms with Crippen LogP contribution >= 0.6 is 0 Å². The van der Waals surface area contributed by atoms with E-state index in [0.717, 1.165) is 5.69 Å². The lowest BCUT2D eigenvalue weighted by atomic mass is 9.86. The first kappa shape index (κ1) is 10.9. The molecule has 0 amide bonds. The molecule has 0 aromatic carbocycles. The minimum absolute atomic E-state index is 0.491.